The zero-order valence-corrected chi connectivity index (χ0v) is 13.1. The zero-order valence-electron chi connectivity index (χ0n) is 13.1. The Morgan fingerprint density at radius 2 is 2.09 bits per heavy atom. The minimum Gasteiger partial charge on any atom is -0.438 e. The van der Waals surface area contributed by atoms with Gasteiger partial charge in [0.2, 0.25) is 5.71 Å². The molecule has 3 heterocycles. The van der Waals surface area contributed by atoms with Gasteiger partial charge in [0.25, 0.3) is 0 Å². The van der Waals surface area contributed by atoms with E-state index in [0.717, 1.165) is 22.9 Å². The van der Waals surface area contributed by atoms with E-state index in [4.69, 9.17) is 4.42 Å². The Kier molecular flexibility index (Phi) is 2.86. The van der Waals surface area contributed by atoms with Gasteiger partial charge in [-0.1, -0.05) is 0 Å². The maximum absolute atomic E-state index is 5.86. The van der Waals surface area contributed by atoms with Crippen LogP contribution in [0.3, 0.4) is 0 Å². The fraction of sp³-hybridized carbons (Fsp3) is 0.278. The average molecular weight is 293 g/mol. The topological polar surface area (TPSA) is 32.5 Å². The van der Waals surface area contributed by atoms with Crippen LogP contribution in [0.25, 0.3) is 22.1 Å². The third-order valence-corrected chi connectivity index (χ3v) is 4.59. The van der Waals surface area contributed by atoms with Gasteiger partial charge in [0, 0.05) is 41.6 Å². The van der Waals surface area contributed by atoms with Gasteiger partial charge in [-0.25, -0.2) is 4.98 Å². The van der Waals surface area contributed by atoms with Crippen LogP contribution in [-0.2, 0) is 0 Å². The average Bonchev–Trinajstić information content (AvgIpc) is 3.08. The molecule has 3 aromatic rings. The van der Waals surface area contributed by atoms with Crippen LogP contribution in [0, 0.1) is 6.92 Å². The van der Waals surface area contributed by atoms with Crippen LogP contribution in [0.5, 0.6) is 0 Å². The number of nitrogens with zero attached hydrogens (tertiary/aromatic N) is 3. The lowest BCUT2D eigenvalue weighted by molar-refractivity contribution is 0.335. The van der Waals surface area contributed by atoms with Gasteiger partial charge in [-0.3, -0.25) is 0 Å². The van der Waals surface area contributed by atoms with Gasteiger partial charge in [-0.2, -0.15) is 0 Å². The molecule has 4 rings (SSSR count). The van der Waals surface area contributed by atoms with E-state index in [-0.39, 0.29) is 0 Å². The monoisotopic (exact) mass is 293 g/mol. The zero-order chi connectivity index (χ0) is 15.3. The first-order valence-corrected chi connectivity index (χ1v) is 7.70. The van der Waals surface area contributed by atoms with Gasteiger partial charge in [-0.05, 0) is 50.6 Å². The molecular formula is C18H19N3O. The van der Waals surface area contributed by atoms with Crippen molar-refractivity contribution in [3.8, 4) is 0 Å². The number of anilines is 1. The highest BCUT2D eigenvalue weighted by Gasteiger charge is 2.24. The van der Waals surface area contributed by atoms with Crippen molar-refractivity contribution < 1.29 is 4.42 Å². The maximum Gasteiger partial charge on any atom is 0.227 e. The molecule has 0 unspecified atom stereocenters. The molecule has 112 valence electrons. The van der Waals surface area contributed by atoms with Crippen LogP contribution >= 0.6 is 0 Å². The molecule has 1 atom stereocenters. The molecular weight excluding hydrogens is 274 g/mol. The number of hydrogen-bond acceptors (Lipinski definition) is 4. The third-order valence-electron chi connectivity index (χ3n) is 4.59. The summed E-state index contributed by atoms with van der Waals surface area (Å²) in [5.74, 6) is 0. The van der Waals surface area contributed by atoms with E-state index in [1.807, 2.05) is 6.07 Å². The lowest BCUT2D eigenvalue weighted by atomic mass is 10.1. The van der Waals surface area contributed by atoms with Crippen molar-refractivity contribution in [3.05, 3.63) is 48.4 Å². The summed E-state index contributed by atoms with van der Waals surface area (Å²) in [4.78, 5) is 8.96. The third kappa shape index (κ3) is 1.73. The Balaban J connectivity index is 1.91. The van der Waals surface area contributed by atoms with Crippen LogP contribution in [0.1, 0.15) is 19.4 Å². The van der Waals surface area contributed by atoms with Gasteiger partial charge in [0.15, 0.2) is 0 Å². The largest absolute Gasteiger partial charge is 0.438 e. The molecule has 0 bridgehead atoms. The number of benzene rings is 1. The van der Waals surface area contributed by atoms with Crippen molar-refractivity contribution in [2.75, 3.05) is 11.4 Å². The molecule has 0 aliphatic carbocycles. The number of rotatable bonds is 2. The Bertz CT molecular complexity index is 881. The second-order valence-corrected chi connectivity index (χ2v) is 5.71. The van der Waals surface area contributed by atoms with Crippen molar-refractivity contribution in [3.63, 3.8) is 0 Å². The van der Waals surface area contributed by atoms with Crippen LogP contribution in [0.4, 0.5) is 5.69 Å². The lowest BCUT2D eigenvalue weighted by Gasteiger charge is -2.30. The summed E-state index contributed by atoms with van der Waals surface area (Å²) in [5, 5.41) is 2.25. The van der Waals surface area contributed by atoms with Crippen molar-refractivity contribution in [2.24, 2.45) is 0 Å². The van der Waals surface area contributed by atoms with Crippen LogP contribution in [-0.4, -0.2) is 22.6 Å². The number of aryl methyl sites for hydroxylation is 1. The molecule has 0 saturated carbocycles. The van der Waals surface area contributed by atoms with Crippen molar-refractivity contribution in [1.29, 1.82) is 0 Å². The second kappa shape index (κ2) is 4.77. The van der Waals surface area contributed by atoms with Gasteiger partial charge in [0.1, 0.15) is 11.7 Å². The molecule has 1 aliphatic rings. The Morgan fingerprint density at radius 1 is 1.23 bits per heavy atom. The first kappa shape index (κ1) is 13.2. The summed E-state index contributed by atoms with van der Waals surface area (Å²) >= 11 is 0. The summed E-state index contributed by atoms with van der Waals surface area (Å²) in [5.41, 5.74) is 4.06. The van der Waals surface area contributed by atoms with Crippen molar-refractivity contribution in [2.45, 2.75) is 26.9 Å². The number of hydrogen-bond donors (Lipinski definition) is 0. The second-order valence-electron chi connectivity index (χ2n) is 5.71. The summed E-state index contributed by atoms with van der Waals surface area (Å²) in [6.45, 7) is 7.57. The fourth-order valence-corrected chi connectivity index (χ4v) is 3.36. The number of furan rings is 1. The maximum atomic E-state index is 5.86. The van der Waals surface area contributed by atoms with E-state index in [2.05, 4.69) is 66.2 Å². The number of aromatic nitrogens is 1. The Morgan fingerprint density at radius 3 is 2.86 bits per heavy atom. The SMILES string of the molecule is CCN1C=CN(c2ccc3oc4ncccc4c3c2C)[C@H]1C. The highest BCUT2D eigenvalue weighted by Crippen LogP contribution is 2.36. The normalized spacial score (nSPS) is 18.0. The fourth-order valence-electron chi connectivity index (χ4n) is 3.36. The van der Waals surface area contributed by atoms with Gasteiger partial charge >= 0.3 is 0 Å². The van der Waals surface area contributed by atoms with E-state index >= 15 is 0 Å². The smallest absolute Gasteiger partial charge is 0.227 e. The molecule has 0 radical (unpaired) electrons. The molecule has 0 spiro atoms. The molecule has 0 saturated heterocycles. The van der Waals surface area contributed by atoms with Gasteiger partial charge < -0.3 is 14.2 Å². The highest BCUT2D eigenvalue weighted by molar-refractivity contribution is 6.07. The van der Waals surface area contributed by atoms with E-state index in [1.165, 1.54) is 11.3 Å². The molecule has 4 nitrogen and oxygen atoms in total. The molecule has 4 heteroatoms. The predicted molar refractivity (Wildman–Crippen MR) is 89.7 cm³/mol. The minimum atomic E-state index is 0.331. The van der Waals surface area contributed by atoms with E-state index < -0.39 is 0 Å². The van der Waals surface area contributed by atoms with Gasteiger partial charge in [-0.15, -0.1) is 0 Å². The van der Waals surface area contributed by atoms with Gasteiger partial charge in [0.05, 0.1) is 0 Å². The number of pyridine rings is 1. The molecule has 1 aliphatic heterocycles. The Hall–Kier alpha value is -2.49. The molecule has 2 aromatic heterocycles. The molecule has 0 amide bonds. The predicted octanol–water partition coefficient (Wildman–Crippen LogP) is 4.25. The molecule has 0 N–H and O–H groups in total. The standard InChI is InChI=1S/C18H19N3O/c1-4-20-10-11-21(13(20)3)15-7-8-16-17(12(15)2)14-6-5-9-19-18(14)22-16/h5-11,13H,4H2,1-3H3/t13-/m0/s1. The van der Waals surface area contributed by atoms with E-state index in [0.29, 0.717) is 11.9 Å². The van der Waals surface area contributed by atoms with Crippen LogP contribution in [0.2, 0.25) is 0 Å². The highest BCUT2D eigenvalue weighted by atomic mass is 16.3. The summed E-state index contributed by atoms with van der Waals surface area (Å²) in [6.07, 6.45) is 6.41. The molecule has 0 fully saturated rings. The van der Waals surface area contributed by atoms with Crippen molar-refractivity contribution in [1.82, 2.24) is 9.88 Å². The van der Waals surface area contributed by atoms with E-state index in [9.17, 15) is 0 Å². The summed E-state index contributed by atoms with van der Waals surface area (Å²) in [7, 11) is 0. The first-order valence-electron chi connectivity index (χ1n) is 7.70. The minimum absolute atomic E-state index is 0.331. The molecule has 1 aromatic carbocycles. The lowest BCUT2D eigenvalue weighted by Crippen LogP contribution is -2.35. The van der Waals surface area contributed by atoms with Crippen LogP contribution in [0.15, 0.2) is 47.3 Å². The number of fused-ring (bicyclic) bond motifs is 3. The summed E-state index contributed by atoms with van der Waals surface area (Å²) in [6, 6.07) is 8.22. The first-order chi connectivity index (χ1) is 10.7. The molecule has 22 heavy (non-hydrogen) atoms. The van der Waals surface area contributed by atoms with Crippen molar-refractivity contribution >= 4 is 27.8 Å². The Labute approximate surface area is 129 Å². The quantitative estimate of drug-likeness (QED) is 0.707. The summed E-state index contributed by atoms with van der Waals surface area (Å²) < 4.78 is 5.86. The van der Waals surface area contributed by atoms with Crippen LogP contribution < -0.4 is 4.90 Å². The van der Waals surface area contributed by atoms with E-state index in [1.54, 1.807) is 6.20 Å².